The molecule has 0 radical (unpaired) electrons. The van der Waals surface area contributed by atoms with Crippen molar-refractivity contribution in [2.75, 3.05) is 0 Å². The number of rotatable bonds is 4. The van der Waals surface area contributed by atoms with Gasteiger partial charge in [-0.05, 0) is 39.4 Å². The molecule has 3 aromatic heterocycles. The summed E-state index contributed by atoms with van der Waals surface area (Å²) in [5.41, 5.74) is 1.77. The van der Waals surface area contributed by atoms with Crippen LogP contribution in [0, 0.1) is 5.92 Å². The summed E-state index contributed by atoms with van der Waals surface area (Å²) < 4.78 is 3.11. The fourth-order valence-electron chi connectivity index (χ4n) is 2.60. The summed E-state index contributed by atoms with van der Waals surface area (Å²) in [6.45, 7) is 4.43. The van der Waals surface area contributed by atoms with Gasteiger partial charge in [0.05, 0.1) is 11.9 Å². The third kappa shape index (κ3) is 2.74. The van der Waals surface area contributed by atoms with Crippen molar-refractivity contribution < 1.29 is 0 Å². The van der Waals surface area contributed by atoms with Crippen molar-refractivity contribution in [3.8, 4) is 0 Å². The van der Waals surface area contributed by atoms with E-state index in [0.29, 0.717) is 11.8 Å². The van der Waals surface area contributed by atoms with Crippen LogP contribution in [0.4, 0.5) is 0 Å². The van der Waals surface area contributed by atoms with Crippen LogP contribution in [0.15, 0.2) is 34.2 Å². The predicted octanol–water partition coefficient (Wildman–Crippen LogP) is 5.24. The summed E-state index contributed by atoms with van der Waals surface area (Å²) in [4.78, 5) is 10.5. The van der Waals surface area contributed by atoms with Crippen molar-refractivity contribution >= 4 is 50.0 Å². The Morgan fingerprint density at radius 1 is 1.43 bits per heavy atom. The van der Waals surface area contributed by atoms with E-state index in [1.54, 1.807) is 11.3 Å². The Bertz CT molecular complexity index is 752. The van der Waals surface area contributed by atoms with E-state index in [2.05, 4.69) is 61.8 Å². The summed E-state index contributed by atoms with van der Waals surface area (Å²) in [7, 11) is 0. The second-order valence-corrected chi connectivity index (χ2v) is 7.39. The molecule has 0 N–H and O–H groups in total. The molecule has 1 atom stereocenters. The lowest BCUT2D eigenvalue weighted by molar-refractivity contribution is 0.442. The van der Waals surface area contributed by atoms with Crippen LogP contribution >= 0.6 is 38.9 Å². The molecule has 0 fully saturated rings. The fraction of sp³-hybridized carbons (Fsp3) is 0.333. The maximum atomic E-state index is 6.13. The van der Waals surface area contributed by atoms with Crippen molar-refractivity contribution in [1.29, 1.82) is 0 Å². The van der Waals surface area contributed by atoms with E-state index in [1.165, 1.54) is 4.88 Å². The van der Waals surface area contributed by atoms with Gasteiger partial charge in [-0.2, -0.15) is 0 Å². The SMILES string of the molecule is CC(C)C(c1cccs1)n1c(CCl)nc2cc(Br)cnc21. The maximum Gasteiger partial charge on any atom is 0.160 e. The number of hydrogen-bond acceptors (Lipinski definition) is 3. The first-order valence-corrected chi connectivity index (χ1v) is 8.94. The Morgan fingerprint density at radius 3 is 2.86 bits per heavy atom. The van der Waals surface area contributed by atoms with Gasteiger partial charge < -0.3 is 4.57 Å². The number of hydrogen-bond donors (Lipinski definition) is 0. The Labute approximate surface area is 141 Å². The molecule has 0 amide bonds. The number of halogens is 2. The molecule has 0 saturated heterocycles. The molecule has 3 aromatic rings. The van der Waals surface area contributed by atoms with E-state index in [0.717, 1.165) is 21.5 Å². The smallest absolute Gasteiger partial charge is 0.160 e. The van der Waals surface area contributed by atoms with Crippen molar-refractivity contribution in [3.05, 3.63) is 45.0 Å². The number of thiophene rings is 1. The first kappa shape index (κ1) is 15.0. The molecule has 1 unspecified atom stereocenters. The third-order valence-electron chi connectivity index (χ3n) is 3.43. The van der Waals surface area contributed by atoms with Crippen LogP contribution in [0.25, 0.3) is 11.2 Å². The van der Waals surface area contributed by atoms with Crippen LogP contribution in [0.5, 0.6) is 0 Å². The molecule has 21 heavy (non-hydrogen) atoms. The molecule has 0 aliphatic heterocycles. The van der Waals surface area contributed by atoms with Crippen molar-refractivity contribution in [2.24, 2.45) is 5.92 Å². The molecule has 3 heterocycles. The Hall–Kier alpha value is -0.910. The number of aromatic nitrogens is 3. The first-order chi connectivity index (χ1) is 10.1. The molecule has 0 aromatic carbocycles. The van der Waals surface area contributed by atoms with Gasteiger partial charge in [0.1, 0.15) is 11.3 Å². The van der Waals surface area contributed by atoms with E-state index in [4.69, 9.17) is 11.6 Å². The van der Waals surface area contributed by atoms with Gasteiger partial charge in [0.25, 0.3) is 0 Å². The molecule has 0 spiro atoms. The summed E-state index contributed by atoms with van der Waals surface area (Å²) in [5, 5.41) is 2.11. The number of imidazole rings is 1. The first-order valence-electron chi connectivity index (χ1n) is 6.73. The van der Waals surface area contributed by atoms with Gasteiger partial charge >= 0.3 is 0 Å². The van der Waals surface area contributed by atoms with Gasteiger partial charge in [-0.1, -0.05) is 19.9 Å². The van der Waals surface area contributed by atoms with Crippen LogP contribution in [-0.2, 0) is 5.88 Å². The van der Waals surface area contributed by atoms with Crippen LogP contribution in [-0.4, -0.2) is 14.5 Å². The quantitative estimate of drug-likeness (QED) is 0.576. The predicted molar refractivity (Wildman–Crippen MR) is 92.1 cm³/mol. The highest BCUT2D eigenvalue weighted by Gasteiger charge is 2.25. The molecular weight excluding hydrogens is 370 g/mol. The molecule has 0 bridgehead atoms. The topological polar surface area (TPSA) is 30.7 Å². The standard InChI is InChI=1S/C15H15BrClN3S/c1-9(2)14(12-4-3-5-21-12)20-13(7-17)19-11-6-10(16)8-18-15(11)20/h3-6,8-9,14H,7H2,1-2H3. The summed E-state index contributed by atoms with van der Waals surface area (Å²) >= 11 is 11.3. The van der Waals surface area contributed by atoms with E-state index in [9.17, 15) is 0 Å². The molecule has 0 aliphatic carbocycles. The number of nitrogens with zero attached hydrogens (tertiary/aromatic N) is 3. The lowest BCUT2D eigenvalue weighted by atomic mass is 10.0. The molecule has 6 heteroatoms. The van der Waals surface area contributed by atoms with Crippen molar-refractivity contribution in [3.63, 3.8) is 0 Å². The molecule has 0 aliphatic rings. The second kappa shape index (κ2) is 6.07. The number of alkyl halides is 1. The van der Waals surface area contributed by atoms with E-state index in [1.807, 2.05) is 12.3 Å². The third-order valence-corrected chi connectivity index (χ3v) is 5.05. The Balaban J connectivity index is 2.26. The second-order valence-electron chi connectivity index (χ2n) is 5.23. The lowest BCUT2D eigenvalue weighted by Crippen LogP contribution is -2.18. The van der Waals surface area contributed by atoms with Gasteiger partial charge in [-0.25, -0.2) is 9.97 Å². The zero-order chi connectivity index (χ0) is 15.0. The molecule has 0 saturated carbocycles. The van der Waals surface area contributed by atoms with Gasteiger partial charge in [0.15, 0.2) is 5.65 Å². The maximum absolute atomic E-state index is 6.13. The summed E-state index contributed by atoms with van der Waals surface area (Å²) in [6, 6.07) is 6.44. The Kier molecular flexibility index (Phi) is 4.33. The molecular formula is C15H15BrClN3S. The van der Waals surface area contributed by atoms with Crippen molar-refractivity contribution in [2.45, 2.75) is 25.8 Å². The average molecular weight is 385 g/mol. The van der Waals surface area contributed by atoms with E-state index in [-0.39, 0.29) is 6.04 Å². The minimum Gasteiger partial charge on any atom is -0.303 e. The van der Waals surface area contributed by atoms with Crippen LogP contribution < -0.4 is 0 Å². The van der Waals surface area contributed by atoms with Crippen LogP contribution in [0.2, 0.25) is 0 Å². The monoisotopic (exact) mass is 383 g/mol. The normalized spacial score (nSPS) is 13.2. The van der Waals surface area contributed by atoms with Crippen molar-refractivity contribution in [1.82, 2.24) is 14.5 Å². The highest BCUT2D eigenvalue weighted by Crippen LogP contribution is 2.34. The van der Waals surface area contributed by atoms with Crippen LogP contribution in [0.1, 0.15) is 30.6 Å². The van der Waals surface area contributed by atoms with Gasteiger partial charge in [-0.3, -0.25) is 0 Å². The summed E-state index contributed by atoms with van der Waals surface area (Å²) in [6.07, 6.45) is 1.81. The highest BCUT2D eigenvalue weighted by molar-refractivity contribution is 9.10. The number of fused-ring (bicyclic) bond motifs is 1. The Morgan fingerprint density at radius 2 is 2.24 bits per heavy atom. The van der Waals surface area contributed by atoms with E-state index < -0.39 is 0 Å². The van der Waals surface area contributed by atoms with Gasteiger partial charge in [0, 0.05) is 15.5 Å². The van der Waals surface area contributed by atoms with Crippen LogP contribution in [0.3, 0.4) is 0 Å². The zero-order valence-electron chi connectivity index (χ0n) is 11.8. The molecule has 110 valence electrons. The lowest BCUT2D eigenvalue weighted by Gasteiger charge is -2.23. The molecule has 3 nitrogen and oxygen atoms in total. The number of pyridine rings is 1. The highest BCUT2D eigenvalue weighted by atomic mass is 79.9. The summed E-state index contributed by atoms with van der Waals surface area (Å²) in [5.74, 6) is 1.67. The van der Waals surface area contributed by atoms with Gasteiger partial charge in [-0.15, -0.1) is 22.9 Å². The minimum absolute atomic E-state index is 0.206. The minimum atomic E-state index is 0.206. The average Bonchev–Trinajstić information content (AvgIpc) is 3.07. The molecule has 3 rings (SSSR count). The largest absolute Gasteiger partial charge is 0.303 e. The van der Waals surface area contributed by atoms with Gasteiger partial charge in [0.2, 0.25) is 0 Å². The van der Waals surface area contributed by atoms with E-state index >= 15 is 0 Å². The fourth-order valence-corrected chi connectivity index (χ4v) is 4.10. The zero-order valence-corrected chi connectivity index (χ0v) is 14.9.